The molecule has 0 aliphatic carbocycles. The van der Waals surface area contributed by atoms with Gasteiger partial charge in [-0.15, -0.1) is 0 Å². The number of ether oxygens (including phenoxy) is 2. The van der Waals surface area contributed by atoms with Crippen LogP contribution in [0.3, 0.4) is 0 Å². The lowest BCUT2D eigenvalue weighted by Crippen LogP contribution is -2.33. The Hall–Kier alpha value is -3.36. The molecule has 1 aromatic carbocycles. The first-order valence-electron chi connectivity index (χ1n) is 7.36. The summed E-state index contributed by atoms with van der Waals surface area (Å²) in [5, 5.41) is 9.18. The number of imidazole rings is 1. The molecule has 9 heteroatoms. The summed E-state index contributed by atoms with van der Waals surface area (Å²) in [6, 6.07) is 8.69. The number of aromatic nitrogens is 2. The van der Waals surface area contributed by atoms with E-state index in [1.165, 1.54) is 0 Å². The first kappa shape index (κ1) is 18.0. The lowest BCUT2D eigenvalue weighted by Gasteiger charge is -2.06. The van der Waals surface area contributed by atoms with E-state index in [2.05, 4.69) is 0 Å². The van der Waals surface area contributed by atoms with Crippen LogP contribution in [0.2, 0.25) is 0 Å². The highest BCUT2D eigenvalue weighted by molar-refractivity contribution is 5.90. The quantitative estimate of drug-likeness (QED) is 0.777. The van der Waals surface area contributed by atoms with Crippen LogP contribution in [0, 0.1) is 0 Å². The summed E-state index contributed by atoms with van der Waals surface area (Å²) in [6.07, 6.45) is -0.250. The van der Waals surface area contributed by atoms with E-state index in [1.54, 1.807) is 37.3 Å². The molecule has 9 nitrogen and oxygen atoms in total. The SMILES string of the molecule is CCOC(=O)Cn1cc(C(=O)O)n(C(=O)OCc2ccccc2)c1=O. The zero-order valence-electron chi connectivity index (χ0n) is 13.4. The van der Waals surface area contributed by atoms with Crippen LogP contribution in [-0.4, -0.2) is 38.9 Å². The molecule has 0 bridgehead atoms. The molecule has 0 saturated heterocycles. The van der Waals surface area contributed by atoms with Crippen LogP contribution in [0.5, 0.6) is 0 Å². The minimum Gasteiger partial charge on any atom is -0.477 e. The van der Waals surface area contributed by atoms with Gasteiger partial charge in [0.1, 0.15) is 13.2 Å². The van der Waals surface area contributed by atoms with Crippen molar-refractivity contribution in [1.82, 2.24) is 9.13 Å². The van der Waals surface area contributed by atoms with Crippen molar-refractivity contribution in [2.24, 2.45) is 0 Å². The molecule has 2 aromatic rings. The Morgan fingerprint density at radius 3 is 2.40 bits per heavy atom. The topological polar surface area (TPSA) is 117 Å². The Bertz CT molecular complexity index is 836. The van der Waals surface area contributed by atoms with Crippen LogP contribution in [-0.2, 0) is 27.4 Å². The van der Waals surface area contributed by atoms with Gasteiger partial charge in [0, 0.05) is 6.20 Å². The molecule has 0 aliphatic heterocycles. The predicted molar refractivity (Wildman–Crippen MR) is 84.3 cm³/mol. The van der Waals surface area contributed by atoms with Gasteiger partial charge in [-0.1, -0.05) is 30.3 Å². The van der Waals surface area contributed by atoms with Crippen molar-refractivity contribution in [3.8, 4) is 0 Å². The van der Waals surface area contributed by atoms with E-state index in [4.69, 9.17) is 9.47 Å². The van der Waals surface area contributed by atoms with Crippen LogP contribution in [0.15, 0.2) is 41.3 Å². The highest BCUT2D eigenvalue weighted by atomic mass is 16.6. The fourth-order valence-electron chi connectivity index (χ4n) is 2.06. The summed E-state index contributed by atoms with van der Waals surface area (Å²) >= 11 is 0. The highest BCUT2D eigenvalue weighted by Gasteiger charge is 2.24. The van der Waals surface area contributed by atoms with Crippen LogP contribution in [0.25, 0.3) is 0 Å². The van der Waals surface area contributed by atoms with Gasteiger partial charge in [0.2, 0.25) is 0 Å². The fraction of sp³-hybridized carbons (Fsp3) is 0.250. The zero-order chi connectivity index (χ0) is 18.4. The largest absolute Gasteiger partial charge is 0.477 e. The van der Waals surface area contributed by atoms with Gasteiger partial charge >= 0.3 is 23.7 Å². The van der Waals surface area contributed by atoms with Crippen molar-refractivity contribution < 1.29 is 29.0 Å². The lowest BCUT2D eigenvalue weighted by atomic mass is 10.2. The minimum absolute atomic E-state index is 0.110. The Balaban J connectivity index is 2.24. The van der Waals surface area contributed by atoms with Gasteiger partial charge < -0.3 is 14.6 Å². The molecule has 0 aliphatic rings. The number of carboxylic acid groups (broad SMARTS) is 1. The van der Waals surface area contributed by atoms with Crippen molar-refractivity contribution in [3.63, 3.8) is 0 Å². The first-order chi connectivity index (χ1) is 11.9. The van der Waals surface area contributed by atoms with Gasteiger partial charge in [0.15, 0.2) is 5.69 Å². The van der Waals surface area contributed by atoms with E-state index >= 15 is 0 Å². The van der Waals surface area contributed by atoms with Gasteiger partial charge in [-0.05, 0) is 12.5 Å². The normalized spacial score (nSPS) is 10.3. The zero-order valence-corrected chi connectivity index (χ0v) is 13.4. The molecule has 0 amide bonds. The van der Waals surface area contributed by atoms with Crippen molar-refractivity contribution >= 4 is 18.0 Å². The fourth-order valence-corrected chi connectivity index (χ4v) is 2.06. The average molecular weight is 348 g/mol. The van der Waals surface area contributed by atoms with Crippen LogP contribution in [0.4, 0.5) is 4.79 Å². The molecule has 0 spiro atoms. The smallest absolute Gasteiger partial charge is 0.423 e. The third kappa shape index (κ3) is 4.34. The van der Waals surface area contributed by atoms with Crippen LogP contribution < -0.4 is 5.69 Å². The molecule has 0 fully saturated rings. The van der Waals surface area contributed by atoms with E-state index in [0.717, 1.165) is 10.8 Å². The van der Waals surface area contributed by atoms with Gasteiger partial charge in [-0.25, -0.2) is 14.4 Å². The molecule has 0 saturated carbocycles. The predicted octanol–water partition coefficient (Wildman–Crippen LogP) is 1.10. The third-order valence-corrected chi connectivity index (χ3v) is 3.17. The number of hydrogen-bond acceptors (Lipinski definition) is 6. The molecular weight excluding hydrogens is 332 g/mol. The van der Waals surface area contributed by atoms with Crippen LogP contribution >= 0.6 is 0 Å². The molecule has 0 atom stereocenters. The molecule has 0 radical (unpaired) electrons. The number of benzene rings is 1. The summed E-state index contributed by atoms with van der Waals surface area (Å²) < 4.78 is 10.8. The monoisotopic (exact) mass is 348 g/mol. The van der Waals surface area contributed by atoms with Gasteiger partial charge in [0.05, 0.1) is 6.61 Å². The number of rotatable bonds is 6. The summed E-state index contributed by atoms with van der Waals surface area (Å²) in [4.78, 5) is 47.1. The molecule has 0 unspecified atom stereocenters. The lowest BCUT2D eigenvalue weighted by molar-refractivity contribution is -0.143. The van der Waals surface area contributed by atoms with E-state index in [9.17, 15) is 24.3 Å². The number of carbonyl (C=O) groups is 3. The second-order valence-electron chi connectivity index (χ2n) is 4.91. The van der Waals surface area contributed by atoms with Crippen molar-refractivity contribution in [1.29, 1.82) is 0 Å². The average Bonchev–Trinajstić information content (AvgIpc) is 2.91. The van der Waals surface area contributed by atoms with Crippen molar-refractivity contribution in [2.45, 2.75) is 20.1 Å². The molecule has 1 N–H and O–H groups in total. The van der Waals surface area contributed by atoms with Crippen molar-refractivity contribution in [2.75, 3.05) is 6.61 Å². The van der Waals surface area contributed by atoms with Crippen LogP contribution in [0.1, 0.15) is 23.0 Å². The standard InChI is InChI=1S/C16H16N2O7/c1-2-24-13(19)9-17-8-12(14(20)21)18(15(17)22)16(23)25-10-11-6-4-3-5-7-11/h3-8H,2,9-10H2,1H3,(H,20,21). The van der Waals surface area contributed by atoms with Crippen molar-refractivity contribution in [3.05, 3.63) is 58.3 Å². The van der Waals surface area contributed by atoms with E-state index in [1.807, 2.05) is 0 Å². The number of aromatic carboxylic acids is 1. The summed E-state index contributed by atoms with van der Waals surface area (Å²) in [6.45, 7) is 1.06. The second kappa shape index (κ2) is 7.95. The third-order valence-electron chi connectivity index (χ3n) is 3.17. The Morgan fingerprint density at radius 2 is 1.80 bits per heavy atom. The number of carbonyl (C=O) groups excluding carboxylic acids is 2. The Labute approximate surface area is 142 Å². The second-order valence-corrected chi connectivity index (χ2v) is 4.91. The number of esters is 1. The molecular formula is C16H16N2O7. The van der Waals surface area contributed by atoms with E-state index < -0.39 is 36.0 Å². The number of hydrogen-bond donors (Lipinski definition) is 1. The summed E-state index contributed by atoms with van der Waals surface area (Å²) in [7, 11) is 0. The Morgan fingerprint density at radius 1 is 1.12 bits per heavy atom. The van der Waals surface area contributed by atoms with E-state index in [-0.39, 0.29) is 13.2 Å². The molecule has 1 heterocycles. The van der Waals surface area contributed by atoms with Gasteiger partial charge in [-0.3, -0.25) is 9.36 Å². The maximum Gasteiger partial charge on any atom is 0.423 e. The maximum absolute atomic E-state index is 12.2. The Kier molecular flexibility index (Phi) is 5.72. The van der Waals surface area contributed by atoms with E-state index in [0.29, 0.717) is 10.1 Å². The number of carboxylic acids is 1. The highest BCUT2D eigenvalue weighted by Crippen LogP contribution is 2.05. The van der Waals surface area contributed by atoms with Gasteiger partial charge in [-0.2, -0.15) is 4.57 Å². The molecule has 1 aromatic heterocycles. The minimum atomic E-state index is -1.50. The molecule has 25 heavy (non-hydrogen) atoms. The summed E-state index contributed by atoms with van der Waals surface area (Å²) in [5.41, 5.74) is -0.928. The summed E-state index contributed by atoms with van der Waals surface area (Å²) in [5.74, 6) is -2.23. The molecule has 132 valence electrons. The van der Waals surface area contributed by atoms with Gasteiger partial charge in [0.25, 0.3) is 0 Å². The number of nitrogens with zero attached hydrogens (tertiary/aromatic N) is 2. The first-order valence-corrected chi connectivity index (χ1v) is 7.36. The molecule has 2 rings (SSSR count). The maximum atomic E-state index is 12.2.